The molecule has 0 fully saturated rings. The minimum absolute atomic E-state index is 0.0173. The van der Waals surface area contributed by atoms with E-state index in [4.69, 9.17) is 5.11 Å². The lowest BCUT2D eigenvalue weighted by molar-refractivity contribution is -0.136. The Hall–Kier alpha value is -1.60. The van der Waals surface area contributed by atoms with Gasteiger partial charge in [-0.05, 0) is 24.1 Å². The molecule has 1 aromatic carbocycles. The minimum Gasteiger partial charge on any atom is -0.481 e. The zero-order chi connectivity index (χ0) is 13.6. The van der Waals surface area contributed by atoms with E-state index in [1.807, 2.05) is 0 Å². The zero-order valence-electron chi connectivity index (χ0n) is 10.0. The number of hydrogen-bond donors (Lipinski definition) is 3. The van der Waals surface area contributed by atoms with E-state index in [0.29, 0.717) is 18.7 Å². The normalized spacial score (nSPS) is 11.2. The third-order valence-electron chi connectivity index (χ3n) is 2.14. The van der Waals surface area contributed by atoms with Crippen LogP contribution < -0.4 is 9.44 Å². The van der Waals surface area contributed by atoms with E-state index in [9.17, 15) is 13.2 Å². The summed E-state index contributed by atoms with van der Waals surface area (Å²) < 4.78 is 27.6. The van der Waals surface area contributed by atoms with Gasteiger partial charge < -0.3 is 5.11 Å². The maximum absolute atomic E-state index is 11.5. The molecule has 0 amide bonds. The average Bonchev–Trinajstić information content (AvgIpc) is 2.26. The Morgan fingerprint density at radius 1 is 1.39 bits per heavy atom. The molecule has 1 rings (SSSR count). The van der Waals surface area contributed by atoms with E-state index >= 15 is 0 Å². The average molecular weight is 272 g/mol. The molecule has 0 aliphatic heterocycles. The lowest BCUT2D eigenvalue weighted by Gasteiger charge is -2.09. The number of anilines is 1. The Balaban J connectivity index is 2.73. The Labute approximate surface area is 106 Å². The summed E-state index contributed by atoms with van der Waals surface area (Å²) in [6, 6.07) is 6.67. The molecule has 0 saturated heterocycles. The Morgan fingerprint density at radius 2 is 2.11 bits per heavy atom. The fraction of sp³-hybridized carbons (Fsp3) is 0.364. The molecular weight excluding hydrogens is 256 g/mol. The topological polar surface area (TPSA) is 95.5 Å². The molecule has 0 aliphatic rings. The summed E-state index contributed by atoms with van der Waals surface area (Å²) in [4.78, 5) is 10.5. The molecule has 18 heavy (non-hydrogen) atoms. The second kappa shape index (κ2) is 6.36. The number of hydrogen-bond acceptors (Lipinski definition) is 3. The van der Waals surface area contributed by atoms with Crippen LogP contribution in [0.15, 0.2) is 24.3 Å². The minimum atomic E-state index is -3.55. The molecule has 3 N–H and O–H groups in total. The maximum atomic E-state index is 11.5. The quantitative estimate of drug-likeness (QED) is 0.689. The second-order valence-electron chi connectivity index (χ2n) is 3.70. The number of benzene rings is 1. The molecule has 1 aromatic rings. The number of carbonyl (C=O) groups is 1. The van der Waals surface area contributed by atoms with Gasteiger partial charge in [0.05, 0.1) is 5.69 Å². The largest absolute Gasteiger partial charge is 0.481 e. The molecule has 0 unspecified atom stereocenters. The molecule has 0 bridgehead atoms. The number of nitrogens with one attached hydrogen (secondary N) is 2. The summed E-state index contributed by atoms with van der Waals surface area (Å²) in [5, 5.41) is 8.58. The molecule has 100 valence electrons. The van der Waals surface area contributed by atoms with Gasteiger partial charge in [0.15, 0.2) is 0 Å². The highest BCUT2D eigenvalue weighted by molar-refractivity contribution is 7.90. The van der Waals surface area contributed by atoms with E-state index in [0.717, 1.165) is 5.56 Å². The summed E-state index contributed by atoms with van der Waals surface area (Å²) in [5.41, 5.74) is 1.19. The molecular formula is C11H16N2O4S. The van der Waals surface area contributed by atoms with Gasteiger partial charge >= 0.3 is 5.97 Å². The molecule has 0 atom stereocenters. The first-order valence-electron chi connectivity index (χ1n) is 5.51. The smallest absolute Gasteiger partial charge is 0.303 e. The highest BCUT2D eigenvalue weighted by Gasteiger charge is 2.08. The third-order valence-corrected chi connectivity index (χ3v) is 3.31. The van der Waals surface area contributed by atoms with Crippen LogP contribution in [-0.2, 0) is 21.4 Å². The summed E-state index contributed by atoms with van der Waals surface area (Å²) in [6.07, 6.45) is 0.384. The van der Waals surface area contributed by atoms with Crippen molar-refractivity contribution in [3.05, 3.63) is 29.8 Å². The van der Waals surface area contributed by atoms with E-state index in [1.54, 1.807) is 31.2 Å². The van der Waals surface area contributed by atoms with Crippen molar-refractivity contribution in [2.75, 3.05) is 11.3 Å². The zero-order valence-corrected chi connectivity index (χ0v) is 10.8. The van der Waals surface area contributed by atoms with Gasteiger partial charge in [-0.25, -0.2) is 0 Å². The Morgan fingerprint density at radius 3 is 2.72 bits per heavy atom. The molecule has 0 aromatic heterocycles. The van der Waals surface area contributed by atoms with Crippen molar-refractivity contribution in [1.82, 2.24) is 4.72 Å². The lowest BCUT2D eigenvalue weighted by atomic mass is 10.1. The van der Waals surface area contributed by atoms with E-state index in [1.165, 1.54) is 0 Å². The number of carboxylic acids is 1. The first-order valence-corrected chi connectivity index (χ1v) is 6.99. The van der Waals surface area contributed by atoms with E-state index in [-0.39, 0.29) is 6.42 Å². The van der Waals surface area contributed by atoms with Gasteiger partial charge in [-0.2, -0.15) is 13.1 Å². The van der Waals surface area contributed by atoms with Crippen LogP contribution >= 0.6 is 0 Å². The van der Waals surface area contributed by atoms with Crippen molar-refractivity contribution in [1.29, 1.82) is 0 Å². The van der Waals surface area contributed by atoms with E-state index < -0.39 is 16.2 Å². The number of carboxylic acid groups (broad SMARTS) is 1. The SMILES string of the molecule is CCNS(=O)(=O)Nc1cccc(CCC(=O)O)c1. The van der Waals surface area contributed by atoms with E-state index in [2.05, 4.69) is 9.44 Å². The number of aryl methyl sites for hydroxylation is 1. The van der Waals surface area contributed by atoms with Crippen LogP contribution in [0.1, 0.15) is 18.9 Å². The number of rotatable bonds is 7. The fourth-order valence-corrected chi connectivity index (χ4v) is 2.31. The van der Waals surface area contributed by atoms with Crippen molar-refractivity contribution >= 4 is 21.9 Å². The van der Waals surface area contributed by atoms with Gasteiger partial charge in [0.2, 0.25) is 0 Å². The van der Waals surface area contributed by atoms with Crippen LogP contribution in [-0.4, -0.2) is 26.0 Å². The van der Waals surface area contributed by atoms with Gasteiger partial charge in [-0.15, -0.1) is 0 Å². The second-order valence-corrected chi connectivity index (χ2v) is 5.20. The van der Waals surface area contributed by atoms with Crippen molar-refractivity contribution in [3.63, 3.8) is 0 Å². The predicted octanol–water partition coefficient (Wildman–Crippen LogP) is 0.970. The van der Waals surface area contributed by atoms with Crippen molar-refractivity contribution in [3.8, 4) is 0 Å². The monoisotopic (exact) mass is 272 g/mol. The van der Waals surface area contributed by atoms with Gasteiger partial charge in [-0.3, -0.25) is 9.52 Å². The highest BCUT2D eigenvalue weighted by Crippen LogP contribution is 2.13. The van der Waals surface area contributed by atoms with Crippen LogP contribution in [0, 0.1) is 0 Å². The summed E-state index contributed by atoms with van der Waals surface area (Å²) in [5.74, 6) is -0.881. The Kier molecular flexibility index (Phi) is 5.11. The third kappa shape index (κ3) is 5.15. The fourth-order valence-electron chi connectivity index (χ4n) is 1.42. The molecule has 0 aliphatic carbocycles. The predicted molar refractivity (Wildman–Crippen MR) is 68.6 cm³/mol. The Bertz CT molecular complexity index is 514. The summed E-state index contributed by atoms with van der Waals surface area (Å²) >= 11 is 0. The van der Waals surface area contributed by atoms with Crippen LogP contribution in [0.25, 0.3) is 0 Å². The van der Waals surface area contributed by atoms with Gasteiger partial charge in [0, 0.05) is 13.0 Å². The summed E-state index contributed by atoms with van der Waals surface area (Å²) in [6.45, 7) is 1.98. The summed E-state index contributed by atoms with van der Waals surface area (Å²) in [7, 11) is -3.55. The van der Waals surface area contributed by atoms with Gasteiger partial charge in [0.1, 0.15) is 0 Å². The van der Waals surface area contributed by atoms with Crippen LogP contribution in [0.3, 0.4) is 0 Å². The van der Waals surface area contributed by atoms with Crippen molar-refractivity contribution in [2.45, 2.75) is 19.8 Å². The molecule has 7 heteroatoms. The van der Waals surface area contributed by atoms with Gasteiger partial charge in [0.25, 0.3) is 10.2 Å². The molecule has 0 heterocycles. The molecule has 0 saturated carbocycles. The molecule has 6 nitrogen and oxygen atoms in total. The molecule has 0 spiro atoms. The standard InChI is InChI=1S/C11H16N2O4S/c1-2-12-18(16,17)13-10-5-3-4-9(8-10)6-7-11(14)15/h3-5,8,12-13H,2,6-7H2,1H3,(H,14,15). The van der Waals surface area contributed by atoms with Crippen molar-refractivity contribution in [2.24, 2.45) is 0 Å². The van der Waals surface area contributed by atoms with Crippen LogP contribution in [0.2, 0.25) is 0 Å². The van der Waals surface area contributed by atoms with Crippen molar-refractivity contribution < 1.29 is 18.3 Å². The first-order chi connectivity index (χ1) is 8.43. The van der Waals surface area contributed by atoms with Gasteiger partial charge in [-0.1, -0.05) is 19.1 Å². The molecule has 0 radical (unpaired) electrons. The first kappa shape index (κ1) is 14.5. The highest BCUT2D eigenvalue weighted by atomic mass is 32.2. The lowest BCUT2D eigenvalue weighted by Crippen LogP contribution is -2.29. The maximum Gasteiger partial charge on any atom is 0.303 e. The van der Waals surface area contributed by atoms with Crippen LogP contribution in [0.5, 0.6) is 0 Å². The number of aliphatic carboxylic acids is 1. The van der Waals surface area contributed by atoms with Crippen LogP contribution in [0.4, 0.5) is 5.69 Å².